The molecule has 39 heavy (non-hydrogen) atoms. The fourth-order valence-corrected chi connectivity index (χ4v) is 4.81. The minimum atomic E-state index is -0.934. The fraction of sp³-hybridized carbons (Fsp3) is 0.303. The number of aryl methyl sites for hydroxylation is 1. The van der Waals surface area contributed by atoms with Crippen molar-refractivity contribution in [1.82, 2.24) is 4.57 Å². The molecule has 2 atom stereocenters. The zero-order valence-electron chi connectivity index (χ0n) is 22.9. The number of hydrogen-bond donors (Lipinski definition) is 1. The van der Waals surface area contributed by atoms with E-state index in [9.17, 15) is 9.90 Å². The minimum Gasteiger partial charge on any atom is -0.492 e. The predicted octanol–water partition coefficient (Wildman–Crippen LogP) is 7.10. The number of nitrogens with zero attached hydrogens (tertiary/aromatic N) is 1. The Kier molecular flexibility index (Phi) is 9.81. The molecule has 4 rings (SSSR count). The lowest BCUT2D eigenvalue weighted by Gasteiger charge is -2.23. The molecule has 2 unspecified atom stereocenters. The Morgan fingerprint density at radius 2 is 1.51 bits per heavy atom. The second kappa shape index (κ2) is 13.7. The van der Waals surface area contributed by atoms with Crippen molar-refractivity contribution in [2.24, 2.45) is 0 Å². The van der Waals surface area contributed by atoms with Crippen molar-refractivity contribution >= 4 is 5.97 Å². The van der Waals surface area contributed by atoms with E-state index in [0.29, 0.717) is 32.8 Å². The first-order valence-electron chi connectivity index (χ1n) is 13.5. The van der Waals surface area contributed by atoms with Gasteiger partial charge in [-0.2, -0.15) is 0 Å². The molecule has 0 amide bonds. The summed E-state index contributed by atoms with van der Waals surface area (Å²) in [4.78, 5) is 11.7. The molecular weight excluding hydrogens is 490 g/mol. The first kappa shape index (κ1) is 28.0. The van der Waals surface area contributed by atoms with Crippen molar-refractivity contribution in [3.05, 3.63) is 108 Å². The highest BCUT2D eigenvalue weighted by Crippen LogP contribution is 2.28. The number of carboxylic acids is 1. The molecule has 0 spiro atoms. The van der Waals surface area contributed by atoms with Gasteiger partial charge in [-0.3, -0.25) is 0 Å². The van der Waals surface area contributed by atoms with Gasteiger partial charge >= 0.3 is 5.97 Å². The van der Waals surface area contributed by atoms with Gasteiger partial charge in [0.2, 0.25) is 0 Å². The van der Waals surface area contributed by atoms with Gasteiger partial charge in [0.25, 0.3) is 0 Å². The number of aliphatic carboxylic acids is 1. The highest BCUT2D eigenvalue weighted by atomic mass is 16.5. The Labute approximate surface area is 230 Å². The highest BCUT2D eigenvalue weighted by Gasteiger charge is 2.28. The van der Waals surface area contributed by atoms with Crippen LogP contribution in [0.1, 0.15) is 43.0 Å². The van der Waals surface area contributed by atoms with E-state index in [1.54, 1.807) is 0 Å². The van der Waals surface area contributed by atoms with E-state index >= 15 is 0 Å². The summed E-state index contributed by atoms with van der Waals surface area (Å²) in [6, 6.07) is 30.3. The maximum atomic E-state index is 11.7. The number of hydrogen-bond acceptors (Lipinski definition) is 4. The molecule has 0 fully saturated rings. The van der Waals surface area contributed by atoms with Gasteiger partial charge in [-0.25, -0.2) is 4.79 Å². The third kappa shape index (κ3) is 7.30. The van der Waals surface area contributed by atoms with Crippen LogP contribution in [0.5, 0.6) is 11.5 Å². The Hall–Kier alpha value is -4.03. The van der Waals surface area contributed by atoms with Gasteiger partial charge in [0.05, 0.1) is 6.54 Å². The summed E-state index contributed by atoms with van der Waals surface area (Å²) in [5.41, 5.74) is 5.48. The number of carbonyl (C=O) groups is 1. The molecule has 1 aromatic heterocycles. The van der Waals surface area contributed by atoms with Gasteiger partial charge in [0, 0.05) is 23.9 Å². The molecule has 0 aliphatic rings. The van der Waals surface area contributed by atoms with Crippen LogP contribution in [0.4, 0.5) is 0 Å². The van der Waals surface area contributed by atoms with Gasteiger partial charge in [0.15, 0.2) is 6.10 Å². The maximum Gasteiger partial charge on any atom is 0.333 e. The monoisotopic (exact) mass is 527 g/mol. The molecule has 3 aromatic carbocycles. The molecule has 0 bridgehead atoms. The minimum absolute atomic E-state index is 0.211. The number of rotatable bonds is 14. The molecular formula is C33H37NO5. The third-order valence-electron chi connectivity index (χ3n) is 6.88. The van der Waals surface area contributed by atoms with Crippen LogP contribution in [0.15, 0.2) is 91.0 Å². The zero-order chi connectivity index (χ0) is 27.6. The van der Waals surface area contributed by atoms with E-state index < -0.39 is 12.1 Å². The largest absolute Gasteiger partial charge is 0.492 e. The maximum absolute atomic E-state index is 11.7. The Morgan fingerprint density at radius 1 is 0.846 bits per heavy atom. The summed E-state index contributed by atoms with van der Waals surface area (Å²) in [7, 11) is 0. The predicted molar refractivity (Wildman–Crippen MR) is 153 cm³/mol. The number of benzene rings is 3. The summed E-state index contributed by atoms with van der Waals surface area (Å²) in [5.74, 6) is 0.446. The smallest absolute Gasteiger partial charge is 0.333 e. The van der Waals surface area contributed by atoms with Crippen LogP contribution in [-0.2, 0) is 22.7 Å². The van der Waals surface area contributed by atoms with Gasteiger partial charge in [-0.1, -0.05) is 49.4 Å². The molecule has 1 N–H and O–H groups in total. The van der Waals surface area contributed by atoms with Gasteiger partial charge < -0.3 is 23.9 Å². The lowest BCUT2D eigenvalue weighted by atomic mass is 9.91. The Bertz CT molecular complexity index is 1310. The van der Waals surface area contributed by atoms with E-state index in [0.717, 1.165) is 39.6 Å². The highest BCUT2D eigenvalue weighted by molar-refractivity contribution is 5.74. The van der Waals surface area contributed by atoms with Crippen molar-refractivity contribution in [2.75, 3.05) is 13.2 Å². The molecule has 204 valence electrons. The van der Waals surface area contributed by atoms with E-state index in [1.807, 2.05) is 68.4 Å². The second-order valence-corrected chi connectivity index (χ2v) is 9.46. The van der Waals surface area contributed by atoms with Crippen LogP contribution in [0, 0.1) is 6.92 Å². The average molecular weight is 528 g/mol. The standard InChI is InChI=1S/C33H37NO5/c1-4-30(32(33(35)36)37-5-2)26-12-16-28(17-13-26)38-22-21-34-24(3)11-20-31(34)27-14-18-29(19-15-27)39-23-25-9-7-6-8-10-25/h6-20,30,32H,4-5,21-23H2,1-3H3,(H,35,36). The summed E-state index contributed by atoms with van der Waals surface area (Å²) < 4.78 is 19.7. The number of carboxylic acid groups (broad SMARTS) is 1. The first-order valence-corrected chi connectivity index (χ1v) is 13.5. The van der Waals surface area contributed by atoms with Crippen LogP contribution in [-0.4, -0.2) is 35.0 Å². The lowest BCUT2D eigenvalue weighted by Crippen LogP contribution is -2.30. The summed E-state index contributed by atoms with van der Waals surface area (Å²) in [6.07, 6.45) is -0.182. The second-order valence-electron chi connectivity index (χ2n) is 9.46. The van der Waals surface area contributed by atoms with Crippen LogP contribution in [0.2, 0.25) is 0 Å². The quantitative estimate of drug-likeness (QED) is 0.189. The Balaban J connectivity index is 1.35. The number of aromatic nitrogens is 1. The van der Waals surface area contributed by atoms with Crippen molar-refractivity contribution < 1.29 is 24.1 Å². The fourth-order valence-electron chi connectivity index (χ4n) is 4.81. The Morgan fingerprint density at radius 3 is 2.15 bits per heavy atom. The van der Waals surface area contributed by atoms with E-state index in [-0.39, 0.29) is 5.92 Å². The molecule has 0 aliphatic carbocycles. The van der Waals surface area contributed by atoms with E-state index in [4.69, 9.17) is 14.2 Å². The molecule has 0 radical (unpaired) electrons. The molecule has 0 aliphatic heterocycles. The molecule has 1 heterocycles. The van der Waals surface area contributed by atoms with Crippen LogP contribution >= 0.6 is 0 Å². The van der Waals surface area contributed by atoms with Crippen molar-refractivity contribution in [2.45, 2.75) is 52.4 Å². The van der Waals surface area contributed by atoms with Crippen molar-refractivity contribution in [3.8, 4) is 22.8 Å². The molecule has 6 heteroatoms. The molecule has 6 nitrogen and oxygen atoms in total. The lowest BCUT2D eigenvalue weighted by molar-refractivity contribution is -0.151. The topological polar surface area (TPSA) is 69.9 Å². The zero-order valence-corrected chi connectivity index (χ0v) is 22.9. The SMILES string of the molecule is CCOC(C(=O)O)C(CC)c1ccc(OCCn2c(C)ccc2-c2ccc(OCc3ccccc3)cc2)cc1. The summed E-state index contributed by atoms with van der Waals surface area (Å²) >= 11 is 0. The van der Waals surface area contributed by atoms with Gasteiger partial charge in [-0.15, -0.1) is 0 Å². The van der Waals surface area contributed by atoms with E-state index in [1.165, 1.54) is 0 Å². The van der Waals surface area contributed by atoms with E-state index in [2.05, 4.69) is 47.9 Å². The normalized spacial score (nSPS) is 12.6. The molecule has 0 saturated heterocycles. The molecule has 4 aromatic rings. The van der Waals surface area contributed by atoms with Crippen LogP contribution < -0.4 is 9.47 Å². The summed E-state index contributed by atoms with van der Waals surface area (Å²) in [6.45, 7) is 8.00. The van der Waals surface area contributed by atoms with Crippen molar-refractivity contribution in [1.29, 1.82) is 0 Å². The summed E-state index contributed by atoms with van der Waals surface area (Å²) in [5, 5.41) is 9.58. The number of ether oxygens (including phenoxy) is 3. The van der Waals surface area contributed by atoms with Gasteiger partial charge in [-0.05, 0) is 85.5 Å². The third-order valence-corrected chi connectivity index (χ3v) is 6.88. The first-order chi connectivity index (χ1) is 19.0. The van der Waals surface area contributed by atoms with Gasteiger partial charge in [0.1, 0.15) is 24.7 Å². The van der Waals surface area contributed by atoms with Crippen LogP contribution in [0.25, 0.3) is 11.3 Å². The average Bonchev–Trinajstić information content (AvgIpc) is 3.33. The molecule has 0 saturated carbocycles. The van der Waals surface area contributed by atoms with Crippen LogP contribution in [0.3, 0.4) is 0 Å². The van der Waals surface area contributed by atoms with Crippen molar-refractivity contribution in [3.63, 3.8) is 0 Å².